The van der Waals surface area contributed by atoms with Crippen molar-refractivity contribution in [3.05, 3.63) is 24.2 Å². The average Bonchev–Trinajstić information content (AvgIpc) is 2.52. The molecule has 0 saturated carbocycles. The van der Waals surface area contributed by atoms with Crippen molar-refractivity contribution in [1.29, 1.82) is 0 Å². The summed E-state index contributed by atoms with van der Waals surface area (Å²) in [5.41, 5.74) is 5.48. The number of nitrogens with two attached hydrogens (primary N) is 1. The summed E-state index contributed by atoms with van der Waals surface area (Å²) in [5, 5.41) is 8.67. The fourth-order valence-electron chi connectivity index (χ4n) is 1.06. The third kappa shape index (κ3) is 2.06. The van der Waals surface area contributed by atoms with Crippen molar-refractivity contribution in [2.24, 2.45) is 5.73 Å². The molecule has 0 aliphatic carbocycles. The van der Waals surface area contributed by atoms with Gasteiger partial charge in [0.2, 0.25) is 0 Å². The van der Waals surface area contributed by atoms with Gasteiger partial charge in [-0.2, -0.15) is 0 Å². The topological polar surface area (TPSA) is 59.4 Å². The molecule has 0 spiro atoms. The van der Waals surface area contributed by atoms with Gasteiger partial charge < -0.3 is 15.3 Å². The van der Waals surface area contributed by atoms with Crippen molar-refractivity contribution in [1.82, 2.24) is 0 Å². The van der Waals surface area contributed by atoms with E-state index in [2.05, 4.69) is 0 Å². The SMILES string of the molecule is NCC(CCO)c1ccco1. The molecule has 3 heteroatoms. The quantitative estimate of drug-likeness (QED) is 0.673. The maximum absolute atomic E-state index is 8.67. The number of rotatable bonds is 4. The molecular formula is C8H13NO2. The number of furan rings is 1. The lowest BCUT2D eigenvalue weighted by Crippen LogP contribution is -2.13. The van der Waals surface area contributed by atoms with Crippen LogP contribution in [0.2, 0.25) is 0 Å². The zero-order valence-corrected chi connectivity index (χ0v) is 6.36. The van der Waals surface area contributed by atoms with Crippen molar-refractivity contribution in [3.8, 4) is 0 Å². The van der Waals surface area contributed by atoms with Crippen molar-refractivity contribution >= 4 is 0 Å². The summed E-state index contributed by atoms with van der Waals surface area (Å²) < 4.78 is 5.15. The van der Waals surface area contributed by atoms with Crippen molar-refractivity contribution in [2.45, 2.75) is 12.3 Å². The van der Waals surface area contributed by atoms with Gasteiger partial charge in [-0.05, 0) is 18.6 Å². The van der Waals surface area contributed by atoms with Crippen LogP contribution in [0.1, 0.15) is 18.1 Å². The summed E-state index contributed by atoms with van der Waals surface area (Å²) in [6, 6.07) is 3.71. The molecule has 0 aromatic carbocycles. The molecule has 0 bridgehead atoms. The zero-order chi connectivity index (χ0) is 8.10. The van der Waals surface area contributed by atoms with E-state index < -0.39 is 0 Å². The van der Waals surface area contributed by atoms with Crippen LogP contribution < -0.4 is 5.73 Å². The first-order valence-electron chi connectivity index (χ1n) is 3.72. The first kappa shape index (κ1) is 8.30. The molecule has 0 saturated heterocycles. The Hall–Kier alpha value is -0.800. The highest BCUT2D eigenvalue weighted by atomic mass is 16.3. The van der Waals surface area contributed by atoms with E-state index in [1.165, 1.54) is 0 Å². The molecule has 0 aliphatic heterocycles. The third-order valence-corrected chi connectivity index (χ3v) is 1.71. The van der Waals surface area contributed by atoms with Crippen molar-refractivity contribution in [2.75, 3.05) is 13.2 Å². The Balaban J connectivity index is 2.56. The standard InChI is InChI=1S/C8H13NO2/c9-6-7(3-4-10)8-2-1-5-11-8/h1-2,5,7,10H,3-4,6,9H2. The molecule has 1 atom stereocenters. The van der Waals surface area contributed by atoms with Gasteiger partial charge in [0.15, 0.2) is 0 Å². The highest BCUT2D eigenvalue weighted by molar-refractivity contribution is 5.05. The van der Waals surface area contributed by atoms with E-state index in [1.807, 2.05) is 12.1 Å². The van der Waals surface area contributed by atoms with Gasteiger partial charge >= 0.3 is 0 Å². The van der Waals surface area contributed by atoms with Gasteiger partial charge in [-0.1, -0.05) is 0 Å². The first-order chi connectivity index (χ1) is 5.38. The van der Waals surface area contributed by atoms with Gasteiger partial charge in [0.25, 0.3) is 0 Å². The maximum Gasteiger partial charge on any atom is 0.108 e. The molecule has 1 heterocycles. The Morgan fingerprint density at radius 2 is 2.45 bits per heavy atom. The smallest absolute Gasteiger partial charge is 0.108 e. The minimum atomic E-state index is 0.155. The number of aliphatic hydroxyl groups excluding tert-OH is 1. The van der Waals surface area contributed by atoms with Gasteiger partial charge in [0.05, 0.1) is 6.26 Å². The van der Waals surface area contributed by atoms with Crippen LogP contribution in [0.25, 0.3) is 0 Å². The second-order valence-corrected chi connectivity index (χ2v) is 2.46. The molecule has 1 rings (SSSR count). The Labute approximate surface area is 65.8 Å². The average molecular weight is 155 g/mol. The fourth-order valence-corrected chi connectivity index (χ4v) is 1.06. The molecule has 0 fully saturated rings. The molecule has 0 aliphatic rings. The Morgan fingerprint density at radius 1 is 1.64 bits per heavy atom. The minimum absolute atomic E-state index is 0.155. The summed E-state index contributed by atoms with van der Waals surface area (Å²) in [5.74, 6) is 1.02. The van der Waals surface area contributed by atoms with Gasteiger partial charge in [-0.15, -0.1) is 0 Å². The summed E-state index contributed by atoms with van der Waals surface area (Å²) >= 11 is 0. The zero-order valence-electron chi connectivity index (χ0n) is 6.36. The highest BCUT2D eigenvalue weighted by Crippen LogP contribution is 2.17. The summed E-state index contributed by atoms with van der Waals surface area (Å²) in [7, 11) is 0. The number of hydrogen-bond acceptors (Lipinski definition) is 3. The summed E-state index contributed by atoms with van der Waals surface area (Å²) in [4.78, 5) is 0. The van der Waals surface area contributed by atoms with E-state index in [9.17, 15) is 0 Å². The molecule has 1 unspecified atom stereocenters. The van der Waals surface area contributed by atoms with Crippen LogP contribution in [0.4, 0.5) is 0 Å². The monoisotopic (exact) mass is 155 g/mol. The second kappa shape index (κ2) is 4.16. The first-order valence-corrected chi connectivity index (χ1v) is 3.72. The molecular weight excluding hydrogens is 142 g/mol. The Morgan fingerprint density at radius 3 is 2.91 bits per heavy atom. The Bertz CT molecular complexity index is 184. The molecule has 1 aromatic rings. The molecule has 0 amide bonds. The van der Waals surface area contributed by atoms with Crippen molar-refractivity contribution in [3.63, 3.8) is 0 Å². The number of hydrogen-bond donors (Lipinski definition) is 2. The number of aliphatic hydroxyl groups is 1. The van der Waals surface area contributed by atoms with Crippen LogP contribution in [0.5, 0.6) is 0 Å². The lowest BCUT2D eigenvalue weighted by Gasteiger charge is -2.08. The second-order valence-electron chi connectivity index (χ2n) is 2.46. The minimum Gasteiger partial charge on any atom is -0.469 e. The van der Waals surface area contributed by atoms with E-state index in [-0.39, 0.29) is 12.5 Å². The molecule has 62 valence electrons. The van der Waals surface area contributed by atoms with Crippen LogP contribution in [0, 0.1) is 0 Å². The third-order valence-electron chi connectivity index (χ3n) is 1.71. The molecule has 11 heavy (non-hydrogen) atoms. The lowest BCUT2D eigenvalue weighted by atomic mass is 10.0. The van der Waals surface area contributed by atoms with E-state index in [4.69, 9.17) is 15.3 Å². The predicted octanol–water partition coefficient (Wildman–Crippen LogP) is 0.704. The summed E-state index contributed by atoms with van der Waals surface area (Å²) in [6.07, 6.45) is 2.29. The van der Waals surface area contributed by atoms with E-state index >= 15 is 0 Å². The van der Waals surface area contributed by atoms with Crippen LogP contribution in [0.15, 0.2) is 22.8 Å². The van der Waals surface area contributed by atoms with E-state index in [0.717, 1.165) is 5.76 Å². The van der Waals surface area contributed by atoms with Gasteiger partial charge in [0.1, 0.15) is 5.76 Å². The van der Waals surface area contributed by atoms with Gasteiger partial charge in [0, 0.05) is 19.1 Å². The van der Waals surface area contributed by atoms with Crippen LogP contribution in [-0.2, 0) is 0 Å². The van der Waals surface area contributed by atoms with Crippen LogP contribution >= 0.6 is 0 Å². The summed E-state index contributed by atoms with van der Waals surface area (Å²) in [6.45, 7) is 0.677. The van der Waals surface area contributed by atoms with E-state index in [1.54, 1.807) is 6.26 Å². The molecule has 3 N–H and O–H groups in total. The Kier molecular flexibility index (Phi) is 3.14. The van der Waals surface area contributed by atoms with Crippen molar-refractivity contribution < 1.29 is 9.52 Å². The molecule has 1 aromatic heterocycles. The highest BCUT2D eigenvalue weighted by Gasteiger charge is 2.10. The largest absolute Gasteiger partial charge is 0.469 e. The predicted molar refractivity (Wildman–Crippen MR) is 42.2 cm³/mol. The molecule has 0 radical (unpaired) electrons. The van der Waals surface area contributed by atoms with Crippen LogP contribution in [-0.4, -0.2) is 18.3 Å². The molecule has 3 nitrogen and oxygen atoms in total. The lowest BCUT2D eigenvalue weighted by molar-refractivity contribution is 0.268. The van der Waals surface area contributed by atoms with Gasteiger partial charge in [-0.3, -0.25) is 0 Å². The fraction of sp³-hybridized carbons (Fsp3) is 0.500. The maximum atomic E-state index is 8.67. The van der Waals surface area contributed by atoms with E-state index in [0.29, 0.717) is 13.0 Å². The normalized spacial score (nSPS) is 13.3. The van der Waals surface area contributed by atoms with Crippen LogP contribution in [0.3, 0.4) is 0 Å². The van der Waals surface area contributed by atoms with Gasteiger partial charge in [-0.25, -0.2) is 0 Å².